The first-order chi connectivity index (χ1) is 16.1. The third-order valence-electron chi connectivity index (χ3n) is 6.70. The van der Waals surface area contributed by atoms with Gasteiger partial charge in [0.15, 0.2) is 0 Å². The van der Waals surface area contributed by atoms with Crippen molar-refractivity contribution >= 4 is 23.1 Å². The molecule has 2 aliphatic rings. The SMILES string of the molecule is CC(C)(C#N)c1ccc2c(c1)N(C(=O)C1CCC(NCC(F)(F)F)CC1)Cc1cccnc1N2. The zero-order valence-corrected chi connectivity index (χ0v) is 19.2. The maximum Gasteiger partial charge on any atom is 0.401 e. The molecule has 9 heteroatoms. The van der Waals surface area contributed by atoms with Gasteiger partial charge in [-0.15, -0.1) is 0 Å². The van der Waals surface area contributed by atoms with E-state index in [2.05, 4.69) is 21.7 Å². The predicted molar refractivity (Wildman–Crippen MR) is 124 cm³/mol. The highest BCUT2D eigenvalue weighted by Gasteiger charge is 2.35. The number of anilines is 3. The molecular weight excluding hydrogens is 443 g/mol. The third kappa shape index (κ3) is 5.17. The molecule has 0 radical (unpaired) electrons. The van der Waals surface area contributed by atoms with Gasteiger partial charge >= 0.3 is 6.18 Å². The number of nitriles is 1. The van der Waals surface area contributed by atoms with E-state index in [0.29, 0.717) is 43.7 Å². The number of pyridine rings is 1. The molecule has 0 bridgehead atoms. The summed E-state index contributed by atoms with van der Waals surface area (Å²) in [7, 11) is 0. The summed E-state index contributed by atoms with van der Waals surface area (Å²) < 4.78 is 37.6. The number of alkyl halides is 3. The summed E-state index contributed by atoms with van der Waals surface area (Å²) in [6.07, 6.45) is -0.471. The van der Waals surface area contributed by atoms with Gasteiger partial charge in [-0.3, -0.25) is 4.79 Å². The van der Waals surface area contributed by atoms with E-state index >= 15 is 0 Å². The highest BCUT2D eigenvalue weighted by molar-refractivity contribution is 5.99. The van der Waals surface area contributed by atoms with Crippen LogP contribution in [0.2, 0.25) is 0 Å². The van der Waals surface area contributed by atoms with Gasteiger partial charge in [0.05, 0.1) is 35.9 Å². The van der Waals surface area contributed by atoms with Crippen LogP contribution in [0.4, 0.5) is 30.4 Å². The lowest BCUT2D eigenvalue weighted by Crippen LogP contribution is -2.42. The molecule has 4 rings (SSSR count). The van der Waals surface area contributed by atoms with Crippen molar-refractivity contribution in [2.45, 2.75) is 63.7 Å². The summed E-state index contributed by atoms with van der Waals surface area (Å²) >= 11 is 0. The van der Waals surface area contributed by atoms with Crippen LogP contribution < -0.4 is 15.5 Å². The molecule has 0 unspecified atom stereocenters. The number of fused-ring (bicyclic) bond motifs is 2. The normalized spacial score (nSPS) is 20.4. The first-order valence-electron chi connectivity index (χ1n) is 11.5. The molecule has 0 saturated heterocycles. The quantitative estimate of drug-likeness (QED) is 0.642. The summed E-state index contributed by atoms with van der Waals surface area (Å²) in [6.45, 7) is 2.97. The molecule has 34 heavy (non-hydrogen) atoms. The predicted octanol–water partition coefficient (Wildman–Crippen LogP) is 5.18. The van der Waals surface area contributed by atoms with Gasteiger partial charge in [-0.25, -0.2) is 4.98 Å². The Hall–Kier alpha value is -3.12. The van der Waals surface area contributed by atoms with Gasteiger partial charge in [0, 0.05) is 23.7 Å². The molecule has 6 nitrogen and oxygen atoms in total. The Morgan fingerprint density at radius 2 is 1.97 bits per heavy atom. The average Bonchev–Trinajstić information content (AvgIpc) is 2.98. The molecule has 1 aromatic carbocycles. The smallest absolute Gasteiger partial charge is 0.338 e. The Balaban J connectivity index is 1.60. The van der Waals surface area contributed by atoms with E-state index in [1.807, 2.05) is 44.2 Å². The summed E-state index contributed by atoms with van der Waals surface area (Å²) in [5, 5.41) is 15.5. The number of rotatable bonds is 4. The van der Waals surface area contributed by atoms with Crippen LogP contribution >= 0.6 is 0 Å². The van der Waals surface area contributed by atoms with Crippen LogP contribution in [0.25, 0.3) is 0 Å². The second-order valence-electron chi connectivity index (χ2n) is 9.57. The van der Waals surface area contributed by atoms with Crippen LogP contribution in [0.5, 0.6) is 0 Å². The van der Waals surface area contributed by atoms with Crippen molar-refractivity contribution in [2.75, 3.05) is 16.8 Å². The lowest BCUT2D eigenvalue weighted by atomic mass is 9.84. The monoisotopic (exact) mass is 471 g/mol. The van der Waals surface area contributed by atoms with E-state index in [-0.39, 0.29) is 17.9 Å². The van der Waals surface area contributed by atoms with Crippen molar-refractivity contribution < 1.29 is 18.0 Å². The number of halogens is 3. The molecule has 1 saturated carbocycles. The number of hydrogen-bond donors (Lipinski definition) is 2. The lowest BCUT2D eigenvalue weighted by Gasteiger charge is -2.33. The molecule has 180 valence electrons. The number of benzene rings is 1. The summed E-state index contributed by atoms with van der Waals surface area (Å²) in [5.41, 5.74) is 2.34. The second kappa shape index (κ2) is 9.26. The van der Waals surface area contributed by atoms with Crippen LogP contribution in [0.15, 0.2) is 36.5 Å². The molecule has 0 atom stereocenters. The minimum atomic E-state index is -4.24. The van der Waals surface area contributed by atoms with Gasteiger partial charge in [0.25, 0.3) is 0 Å². The van der Waals surface area contributed by atoms with E-state index in [0.717, 1.165) is 16.8 Å². The van der Waals surface area contributed by atoms with Crippen LogP contribution in [-0.4, -0.2) is 29.7 Å². The van der Waals surface area contributed by atoms with Crippen molar-refractivity contribution in [2.24, 2.45) is 5.92 Å². The van der Waals surface area contributed by atoms with Crippen molar-refractivity contribution in [3.8, 4) is 6.07 Å². The van der Waals surface area contributed by atoms with Crippen LogP contribution in [0.3, 0.4) is 0 Å². The summed E-state index contributed by atoms with van der Waals surface area (Å²) in [6, 6.07) is 11.4. The Labute approximate surface area is 197 Å². The lowest BCUT2D eigenvalue weighted by molar-refractivity contribution is -0.128. The van der Waals surface area contributed by atoms with E-state index < -0.39 is 18.1 Å². The van der Waals surface area contributed by atoms with Crippen molar-refractivity contribution in [1.29, 1.82) is 5.26 Å². The van der Waals surface area contributed by atoms with Gasteiger partial charge in [-0.05, 0) is 63.3 Å². The Morgan fingerprint density at radius 3 is 2.65 bits per heavy atom. The van der Waals surface area contributed by atoms with Crippen molar-refractivity contribution in [1.82, 2.24) is 10.3 Å². The molecule has 0 spiro atoms. The Kier molecular flexibility index (Phi) is 6.54. The topological polar surface area (TPSA) is 81.1 Å². The summed E-state index contributed by atoms with van der Waals surface area (Å²) in [4.78, 5) is 19.9. The zero-order chi connectivity index (χ0) is 24.5. The van der Waals surface area contributed by atoms with E-state index in [1.54, 1.807) is 11.1 Å². The number of carbonyl (C=O) groups is 1. The minimum Gasteiger partial charge on any atom is -0.338 e. The van der Waals surface area contributed by atoms with Gasteiger partial charge in [-0.1, -0.05) is 12.1 Å². The molecule has 1 aromatic heterocycles. The van der Waals surface area contributed by atoms with E-state index in [1.165, 1.54) is 0 Å². The fourth-order valence-corrected chi connectivity index (χ4v) is 4.60. The standard InChI is InChI=1S/C25H28F3N5O/c1-24(2,14-29)18-7-10-20-21(12-18)33(13-17-4-3-11-30-22(17)32-20)23(34)16-5-8-19(9-6-16)31-15-25(26,27)28/h3-4,7,10-12,16,19,31H,5-6,8-9,13,15H2,1-2H3,(H,30,32). The molecule has 1 amide bonds. The highest BCUT2D eigenvalue weighted by atomic mass is 19.4. The zero-order valence-electron chi connectivity index (χ0n) is 19.2. The third-order valence-corrected chi connectivity index (χ3v) is 6.70. The number of nitrogens with zero attached hydrogens (tertiary/aromatic N) is 3. The van der Waals surface area contributed by atoms with E-state index in [9.17, 15) is 23.2 Å². The maximum absolute atomic E-state index is 13.7. The molecular formula is C25H28F3N5O. The maximum atomic E-state index is 13.7. The van der Waals surface area contributed by atoms with Crippen LogP contribution in [-0.2, 0) is 16.8 Å². The molecule has 2 N–H and O–H groups in total. The average molecular weight is 472 g/mol. The van der Waals surface area contributed by atoms with Gasteiger partial charge < -0.3 is 15.5 Å². The van der Waals surface area contributed by atoms with Crippen LogP contribution in [0, 0.1) is 17.2 Å². The fourth-order valence-electron chi connectivity index (χ4n) is 4.60. The number of carbonyl (C=O) groups excluding carboxylic acids is 1. The number of hydrogen-bond acceptors (Lipinski definition) is 5. The van der Waals surface area contributed by atoms with E-state index in [4.69, 9.17) is 0 Å². The van der Waals surface area contributed by atoms with Gasteiger partial charge in [0.1, 0.15) is 5.82 Å². The number of aromatic nitrogens is 1. The van der Waals surface area contributed by atoms with Crippen molar-refractivity contribution in [3.05, 3.63) is 47.7 Å². The second-order valence-corrected chi connectivity index (χ2v) is 9.57. The molecule has 1 aliphatic carbocycles. The molecule has 2 aromatic rings. The largest absolute Gasteiger partial charge is 0.401 e. The first kappa shape index (κ1) is 24.0. The van der Waals surface area contributed by atoms with Gasteiger partial charge in [0.2, 0.25) is 5.91 Å². The highest BCUT2D eigenvalue weighted by Crippen LogP contribution is 2.40. The first-order valence-corrected chi connectivity index (χ1v) is 11.5. The Bertz CT molecular complexity index is 1100. The van der Waals surface area contributed by atoms with Crippen molar-refractivity contribution in [3.63, 3.8) is 0 Å². The van der Waals surface area contributed by atoms with Crippen LogP contribution in [0.1, 0.15) is 50.7 Å². The Morgan fingerprint density at radius 1 is 1.24 bits per heavy atom. The minimum absolute atomic E-state index is 0.0547. The fraction of sp³-hybridized carbons (Fsp3) is 0.480. The number of amides is 1. The molecule has 2 heterocycles. The number of nitrogens with one attached hydrogen (secondary N) is 2. The van der Waals surface area contributed by atoms with Gasteiger partial charge in [-0.2, -0.15) is 18.4 Å². The summed E-state index contributed by atoms with van der Waals surface area (Å²) in [5.74, 6) is 0.343. The molecule has 1 fully saturated rings. The molecule has 1 aliphatic heterocycles.